The van der Waals surface area contributed by atoms with E-state index in [1.54, 1.807) is 24.5 Å². The fraction of sp³-hybridized carbons (Fsp3) is 0.571. The fourth-order valence-electron chi connectivity index (χ4n) is 0.736. The second kappa shape index (κ2) is 4.18. The fourth-order valence-corrected chi connectivity index (χ4v) is 2.05. The first-order valence-corrected chi connectivity index (χ1v) is 5.07. The summed E-state index contributed by atoms with van der Waals surface area (Å²) in [6.07, 6.45) is 3.23. The first kappa shape index (κ1) is 9.16. The monoisotopic (exact) mass is 235 g/mol. The van der Waals surface area contributed by atoms with Gasteiger partial charge in [0.2, 0.25) is 0 Å². The van der Waals surface area contributed by atoms with E-state index in [2.05, 4.69) is 20.9 Å². The first-order chi connectivity index (χ1) is 5.18. The standard InChI is InChI=1S/C7H10BrNOS/c1-5(10)2-3-7-9-4-6(8)11-7/h4-5,10H,2-3H2,1H3. The lowest BCUT2D eigenvalue weighted by Crippen LogP contribution is -2.00. The lowest BCUT2D eigenvalue weighted by atomic mass is 10.2. The Hall–Kier alpha value is 0.0700. The molecule has 1 atom stereocenters. The second-order valence-corrected chi connectivity index (χ2v) is 4.94. The van der Waals surface area contributed by atoms with Crippen molar-refractivity contribution < 1.29 is 5.11 Å². The van der Waals surface area contributed by atoms with Gasteiger partial charge in [0.15, 0.2) is 0 Å². The number of halogens is 1. The predicted octanol–water partition coefficient (Wildman–Crippen LogP) is 2.22. The molecule has 1 unspecified atom stereocenters. The van der Waals surface area contributed by atoms with Crippen molar-refractivity contribution in [1.82, 2.24) is 4.98 Å². The zero-order valence-electron chi connectivity index (χ0n) is 6.25. The van der Waals surface area contributed by atoms with Gasteiger partial charge < -0.3 is 5.11 Å². The summed E-state index contributed by atoms with van der Waals surface area (Å²) in [6, 6.07) is 0. The average molecular weight is 236 g/mol. The third-order valence-electron chi connectivity index (χ3n) is 1.30. The molecule has 1 N–H and O–H groups in total. The Morgan fingerprint density at radius 2 is 2.55 bits per heavy atom. The van der Waals surface area contributed by atoms with Gasteiger partial charge in [0, 0.05) is 6.42 Å². The van der Waals surface area contributed by atoms with Gasteiger partial charge in [-0.15, -0.1) is 11.3 Å². The van der Waals surface area contributed by atoms with Crippen LogP contribution in [0, 0.1) is 0 Å². The van der Waals surface area contributed by atoms with E-state index in [0.717, 1.165) is 21.6 Å². The van der Waals surface area contributed by atoms with Crippen LogP contribution >= 0.6 is 27.3 Å². The van der Waals surface area contributed by atoms with Crippen molar-refractivity contribution in [3.8, 4) is 0 Å². The van der Waals surface area contributed by atoms with E-state index in [1.807, 2.05) is 0 Å². The summed E-state index contributed by atoms with van der Waals surface area (Å²) < 4.78 is 1.05. The van der Waals surface area contributed by atoms with Crippen molar-refractivity contribution in [3.05, 3.63) is 15.0 Å². The van der Waals surface area contributed by atoms with E-state index in [9.17, 15) is 0 Å². The van der Waals surface area contributed by atoms with Crippen molar-refractivity contribution in [2.24, 2.45) is 0 Å². The maximum atomic E-state index is 8.99. The summed E-state index contributed by atoms with van der Waals surface area (Å²) in [7, 11) is 0. The Labute approximate surface area is 78.4 Å². The minimum Gasteiger partial charge on any atom is -0.393 e. The molecule has 2 nitrogen and oxygen atoms in total. The highest BCUT2D eigenvalue weighted by molar-refractivity contribution is 9.11. The largest absolute Gasteiger partial charge is 0.393 e. The van der Waals surface area contributed by atoms with Crippen LogP contribution in [0.25, 0.3) is 0 Å². The van der Waals surface area contributed by atoms with Gasteiger partial charge >= 0.3 is 0 Å². The molecule has 0 radical (unpaired) electrons. The van der Waals surface area contributed by atoms with Crippen molar-refractivity contribution in [2.45, 2.75) is 25.9 Å². The highest BCUT2D eigenvalue weighted by atomic mass is 79.9. The summed E-state index contributed by atoms with van der Waals surface area (Å²) >= 11 is 4.96. The molecule has 62 valence electrons. The number of aliphatic hydroxyl groups excluding tert-OH is 1. The Balaban J connectivity index is 2.39. The summed E-state index contributed by atoms with van der Waals surface area (Å²) in [6.45, 7) is 1.79. The molecule has 0 spiro atoms. The molecule has 0 saturated heterocycles. The van der Waals surface area contributed by atoms with E-state index in [-0.39, 0.29) is 6.10 Å². The van der Waals surface area contributed by atoms with Gasteiger partial charge in [-0.05, 0) is 29.3 Å². The van der Waals surface area contributed by atoms with Crippen molar-refractivity contribution in [2.75, 3.05) is 0 Å². The molecule has 0 amide bonds. The first-order valence-electron chi connectivity index (χ1n) is 3.47. The number of hydrogen-bond acceptors (Lipinski definition) is 3. The molecule has 0 bridgehead atoms. The lowest BCUT2D eigenvalue weighted by Gasteiger charge is -1.99. The van der Waals surface area contributed by atoms with Crippen molar-refractivity contribution in [3.63, 3.8) is 0 Å². The second-order valence-electron chi connectivity index (χ2n) is 2.45. The molecule has 1 aromatic rings. The normalized spacial score (nSPS) is 13.4. The van der Waals surface area contributed by atoms with Crippen LogP contribution in [0.15, 0.2) is 9.98 Å². The van der Waals surface area contributed by atoms with Gasteiger partial charge in [-0.1, -0.05) is 0 Å². The topological polar surface area (TPSA) is 33.1 Å². The third kappa shape index (κ3) is 3.31. The van der Waals surface area contributed by atoms with Crippen LogP contribution in [-0.2, 0) is 6.42 Å². The molecule has 4 heteroatoms. The van der Waals surface area contributed by atoms with E-state index in [0.29, 0.717) is 0 Å². The van der Waals surface area contributed by atoms with E-state index in [1.165, 1.54) is 0 Å². The number of nitrogens with zero attached hydrogens (tertiary/aromatic N) is 1. The SMILES string of the molecule is CC(O)CCc1ncc(Br)s1. The van der Waals surface area contributed by atoms with Gasteiger partial charge in [0.05, 0.1) is 21.1 Å². The van der Waals surface area contributed by atoms with Crippen LogP contribution < -0.4 is 0 Å². The van der Waals surface area contributed by atoms with E-state index >= 15 is 0 Å². The van der Waals surface area contributed by atoms with Gasteiger partial charge in [-0.25, -0.2) is 4.98 Å². The number of aliphatic hydroxyl groups is 1. The van der Waals surface area contributed by atoms with Crippen LogP contribution in [0.4, 0.5) is 0 Å². The highest BCUT2D eigenvalue weighted by Crippen LogP contribution is 2.20. The van der Waals surface area contributed by atoms with Crippen LogP contribution in [0.3, 0.4) is 0 Å². The van der Waals surface area contributed by atoms with Crippen molar-refractivity contribution >= 4 is 27.3 Å². The Kier molecular flexibility index (Phi) is 3.48. The predicted molar refractivity (Wildman–Crippen MR) is 49.8 cm³/mol. The Bertz CT molecular complexity index is 224. The smallest absolute Gasteiger partial charge is 0.0937 e. The Morgan fingerprint density at radius 1 is 1.82 bits per heavy atom. The zero-order chi connectivity index (χ0) is 8.27. The minimum atomic E-state index is -0.224. The molecule has 0 aromatic carbocycles. The van der Waals surface area contributed by atoms with Gasteiger partial charge in [0.1, 0.15) is 0 Å². The molecule has 0 aliphatic rings. The maximum Gasteiger partial charge on any atom is 0.0937 e. The highest BCUT2D eigenvalue weighted by Gasteiger charge is 2.01. The number of hydrogen-bond donors (Lipinski definition) is 1. The van der Waals surface area contributed by atoms with Crippen molar-refractivity contribution in [1.29, 1.82) is 0 Å². The van der Waals surface area contributed by atoms with Gasteiger partial charge in [-0.3, -0.25) is 0 Å². The molecular formula is C7H10BrNOS. The molecular weight excluding hydrogens is 226 g/mol. The quantitative estimate of drug-likeness (QED) is 0.872. The number of rotatable bonds is 3. The summed E-state index contributed by atoms with van der Waals surface area (Å²) in [4.78, 5) is 4.15. The zero-order valence-corrected chi connectivity index (χ0v) is 8.65. The number of thiazole rings is 1. The number of aromatic nitrogens is 1. The summed E-state index contributed by atoms with van der Waals surface area (Å²) in [5, 5.41) is 10.1. The van der Waals surface area contributed by atoms with Crippen LogP contribution in [-0.4, -0.2) is 16.2 Å². The molecule has 0 aliphatic carbocycles. The van der Waals surface area contributed by atoms with E-state index < -0.39 is 0 Å². The average Bonchev–Trinajstić information content (AvgIpc) is 2.31. The van der Waals surface area contributed by atoms with Gasteiger partial charge in [0.25, 0.3) is 0 Å². The molecule has 1 aromatic heterocycles. The molecule has 0 fully saturated rings. The summed E-state index contributed by atoms with van der Waals surface area (Å²) in [5.41, 5.74) is 0. The molecule has 0 aliphatic heterocycles. The van der Waals surface area contributed by atoms with Crippen LogP contribution in [0.5, 0.6) is 0 Å². The van der Waals surface area contributed by atoms with Gasteiger partial charge in [-0.2, -0.15) is 0 Å². The maximum absolute atomic E-state index is 8.99. The van der Waals surface area contributed by atoms with Crippen LogP contribution in [0.2, 0.25) is 0 Å². The van der Waals surface area contributed by atoms with Crippen LogP contribution in [0.1, 0.15) is 18.4 Å². The van der Waals surface area contributed by atoms with E-state index in [4.69, 9.17) is 5.11 Å². The lowest BCUT2D eigenvalue weighted by molar-refractivity contribution is 0.185. The Morgan fingerprint density at radius 3 is 3.00 bits per heavy atom. The molecule has 11 heavy (non-hydrogen) atoms. The molecule has 1 heterocycles. The number of aryl methyl sites for hydroxylation is 1. The molecule has 0 saturated carbocycles. The third-order valence-corrected chi connectivity index (χ3v) is 2.84. The minimum absolute atomic E-state index is 0.224. The summed E-state index contributed by atoms with van der Waals surface area (Å²) in [5.74, 6) is 0. The molecule has 1 rings (SSSR count).